The van der Waals surface area contributed by atoms with Gasteiger partial charge in [0.2, 0.25) is 0 Å². The van der Waals surface area contributed by atoms with Crippen LogP contribution < -0.4 is 0 Å². The van der Waals surface area contributed by atoms with Crippen LogP contribution in [0.5, 0.6) is 0 Å². The number of unbranched alkanes of at least 4 members (excludes halogenated alkanes) is 22. The van der Waals surface area contributed by atoms with Crippen molar-refractivity contribution in [1.29, 1.82) is 0 Å². The molecule has 2 aliphatic heterocycles. The summed E-state index contributed by atoms with van der Waals surface area (Å²) in [5, 5.41) is 2.69. The topological polar surface area (TPSA) is 45.6 Å². The number of amides is 2. The van der Waals surface area contributed by atoms with Gasteiger partial charge in [-0.05, 0) is 109 Å². The molecule has 2 aromatic carbocycles. The maximum atomic E-state index is 16.2. The normalized spacial score (nSPS) is 14.9. The van der Waals surface area contributed by atoms with Crippen LogP contribution in [0.2, 0.25) is 0 Å². The Bertz CT molecular complexity index is 2920. The molecule has 0 saturated heterocycles. The molecule has 5 aromatic rings. The Morgan fingerprint density at radius 3 is 1.19 bits per heavy atom. The Labute approximate surface area is 534 Å². The maximum absolute atomic E-state index is 16.2. The summed E-state index contributed by atoms with van der Waals surface area (Å²) in [4.78, 5) is 41.3. The van der Waals surface area contributed by atoms with Crippen molar-refractivity contribution >= 4 is 67.7 Å². The first kappa shape index (κ1) is 69.5. The van der Waals surface area contributed by atoms with E-state index in [2.05, 4.69) is 158 Å². The number of hydrogen-bond donors (Lipinski definition) is 0. The Balaban J connectivity index is 1.39. The molecule has 0 fully saturated rings. The van der Waals surface area contributed by atoms with Crippen LogP contribution in [0.25, 0.3) is 43.6 Å². The van der Waals surface area contributed by atoms with E-state index in [0.29, 0.717) is 42.1 Å². The largest absolute Gasteiger partial charge is 0.337 e. The second-order valence-corrected chi connectivity index (χ2v) is 31.0. The maximum Gasteiger partial charge on any atom is 0.261 e. The van der Waals surface area contributed by atoms with E-state index in [1.165, 1.54) is 235 Å². The van der Waals surface area contributed by atoms with Crippen LogP contribution in [-0.4, -0.2) is 39.3 Å². The highest BCUT2D eigenvalue weighted by Crippen LogP contribution is 2.51. The highest BCUT2D eigenvalue weighted by atomic mass is 32.1. The van der Waals surface area contributed by atoms with Crippen LogP contribution in [0.15, 0.2) is 71.8 Å². The Kier molecular flexibility index (Phi) is 28.2. The van der Waals surface area contributed by atoms with Gasteiger partial charge in [-0.1, -0.05) is 287 Å². The minimum atomic E-state index is -0.0530. The van der Waals surface area contributed by atoms with Gasteiger partial charge in [-0.15, -0.1) is 22.7 Å². The smallest absolute Gasteiger partial charge is 0.261 e. The fourth-order valence-electron chi connectivity index (χ4n) is 14.1. The molecule has 7 rings (SSSR count). The summed E-state index contributed by atoms with van der Waals surface area (Å²) in [5.41, 5.74) is 8.39. The molecule has 2 unspecified atom stereocenters. The van der Waals surface area contributed by atoms with Gasteiger partial charge in [0.25, 0.3) is 11.8 Å². The lowest BCUT2D eigenvalue weighted by molar-refractivity contribution is -0.124. The standard InChI is InChI=1S/C79H121N3O2S2/c1-13-19-25-31-33-37-43-59(41-35-27-21-15-3)57-80-74(72-73(77(80)84)75(70-53-54-71(86-70)79(10,11)12)81(76(72)83)58-60(42-36-28-22-16-4)44-38-34-32-26-20-14-2)69-52-51-68(85-69)61-47-49-64-65-50-48-62(78(7,8)9)56-67(65)82(66(64)55-61)63(45-39-29-23-17-5)46-40-30-24-18-6/h47-56,59-60,63H,13-46,57-58H2,1-12H3. The first-order chi connectivity index (χ1) is 41.6. The highest BCUT2D eigenvalue weighted by Gasteiger charge is 2.50. The number of carbonyl (C=O) groups is 2. The second kappa shape index (κ2) is 34.9. The summed E-state index contributed by atoms with van der Waals surface area (Å²) in [6.45, 7) is 29.1. The summed E-state index contributed by atoms with van der Waals surface area (Å²) in [6.07, 6.45) is 42.0. The van der Waals surface area contributed by atoms with Crippen molar-refractivity contribution in [3.63, 3.8) is 0 Å². The summed E-state index contributed by atoms with van der Waals surface area (Å²) >= 11 is 3.60. The van der Waals surface area contributed by atoms with Crippen molar-refractivity contribution in [3.8, 4) is 10.4 Å². The number of aromatic nitrogens is 1. The molecule has 2 atom stereocenters. The molecule has 0 spiro atoms. The molecule has 0 radical (unpaired) electrons. The van der Waals surface area contributed by atoms with Crippen LogP contribution >= 0.6 is 22.7 Å². The number of nitrogens with zero attached hydrogens (tertiary/aromatic N) is 3. The number of rotatable bonds is 42. The fourth-order valence-corrected chi connectivity index (χ4v) is 16.3. The van der Waals surface area contributed by atoms with Gasteiger partial charge < -0.3 is 14.4 Å². The molecule has 3 aromatic heterocycles. The van der Waals surface area contributed by atoms with Gasteiger partial charge in [-0.2, -0.15) is 0 Å². The first-order valence-corrected chi connectivity index (χ1v) is 37.6. The van der Waals surface area contributed by atoms with Gasteiger partial charge in [0.05, 0.1) is 37.8 Å². The lowest BCUT2D eigenvalue weighted by Crippen LogP contribution is -2.34. The predicted molar refractivity (Wildman–Crippen MR) is 379 cm³/mol. The Morgan fingerprint density at radius 2 is 0.756 bits per heavy atom. The van der Waals surface area contributed by atoms with Gasteiger partial charge in [-0.25, -0.2) is 0 Å². The van der Waals surface area contributed by atoms with Gasteiger partial charge >= 0.3 is 0 Å². The van der Waals surface area contributed by atoms with Crippen molar-refractivity contribution in [2.24, 2.45) is 11.8 Å². The molecule has 0 bridgehead atoms. The van der Waals surface area contributed by atoms with E-state index in [9.17, 15) is 0 Å². The molecule has 0 N–H and O–H groups in total. The molecule has 2 amide bonds. The predicted octanol–water partition coefficient (Wildman–Crippen LogP) is 25.1. The monoisotopic (exact) mass is 1210 g/mol. The van der Waals surface area contributed by atoms with Crippen molar-refractivity contribution < 1.29 is 9.59 Å². The molecular formula is C79H121N3O2S2. The second-order valence-electron chi connectivity index (χ2n) is 28.8. The Morgan fingerprint density at radius 1 is 0.384 bits per heavy atom. The van der Waals surface area contributed by atoms with Crippen molar-refractivity contribution in [2.75, 3.05) is 13.1 Å². The zero-order valence-electron chi connectivity index (χ0n) is 56.9. The lowest BCUT2D eigenvalue weighted by Gasteiger charge is -2.29. The number of hydrogen-bond acceptors (Lipinski definition) is 4. The van der Waals surface area contributed by atoms with E-state index >= 15 is 9.59 Å². The number of fused-ring (bicyclic) bond motifs is 4. The van der Waals surface area contributed by atoms with Gasteiger partial charge in [-0.3, -0.25) is 9.59 Å². The van der Waals surface area contributed by atoms with E-state index in [0.717, 1.165) is 46.8 Å². The molecule has 0 aliphatic carbocycles. The lowest BCUT2D eigenvalue weighted by atomic mass is 9.86. The molecule has 5 nitrogen and oxygen atoms in total. The quantitative estimate of drug-likeness (QED) is 0.0366. The molecular weight excluding hydrogens is 1090 g/mol. The minimum absolute atomic E-state index is 0.0381. The van der Waals surface area contributed by atoms with Crippen LogP contribution in [0.4, 0.5) is 0 Å². The van der Waals surface area contributed by atoms with Crippen LogP contribution in [-0.2, 0) is 20.4 Å². The van der Waals surface area contributed by atoms with E-state index in [-0.39, 0.29) is 22.6 Å². The molecule has 5 heterocycles. The zero-order chi connectivity index (χ0) is 61.6. The van der Waals surface area contributed by atoms with Gasteiger partial charge in [0.15, 0.2) is 0 Å². The average Bonchev–Trinajstić information content (AvgIpc) is 2.45. The average molecular weight is 1210 g/mol. The summed E-state index contributed by atoms with van der Waals surface area (Å²) < 4.78 is 2.78. The van der Waals surface area contributed by atoms with Crippen LogP contribution in [0.1, 0.15) is 328 Å². The van der Waals surface area contributed by atoms with Crippen LogP contribution in [0, 0.1) is 11.8 Å². The van der Waals surface area contributed by atoms with Crippen molar-refractivity contribution in [2.45, 2.75) is 318 Å². The molecule has 86 heavy (non-hydrogen) atoms. The zero-order valence-corrected chi connectivity index (χ0v) is 58.6. The van der Waals surface area contributed by atoms with Gasteiger partial charge in [0, 0.05) is 45.2 Å². The van der Waals surface area contributed by atoms with Crippen molar-refractivity contribution in [3.05, 3.63) is 92.0 Å². The van der Waals surface area contributed by atoms with E-state index in [1.807, 2.05) is 0 Å². The number of thiophene rings is 2. The van der Waals surface area contributed by atoms with Crippen molar-refractivity contribution in [1.82, 2.24) is 14.4 Å². The minimum Gasteiger partial charge on any atom is -0.337 e. The first-order valence-electron chi connectivity index (χ1n) is 36.0. The van der Waals surface area contributed by atoms with Gasteiger partial charge in [0.1, 0.15) is 0 Å². The van der Waals surface area contributed by atoms with E-state index in [4.69, 9.17) is 0 Å². The third-order valence-electron chi connectivity index (χ3n) is 19.4. The third kappa shape index (κ3) is 18.6. The summed E-state index contributed by atoms with van der Waals surface area (Å²) in [6, 6.07) is 24.1. The van der Waals surface area contributed by atoms with Crippen LogP contribution in [0.3, 0.4) is 0 Å². The Hall–Kier alpha value is -3.94. The molecule has 7 heteroatoms. The molecule has 0 saturated carbocycles. The highest BCUT2D eigenvalue weighted by molar-refractivity contribution is 7.16. The number of benzene rings is 2. The summed E-state index contributed by atoms with van der Waals surface area (Å²) in [7, 11) is 0. The fraction of sp³-hybridized carbons (Fsp3) is 0.671. The van der Waals surface area contributed by atoms with E-state index < -0.39 is 0 Å². The van der Waals surface area contributed by atoms with E-state index in [1.54, 1.807) is 22.7 Å². The SMILES string of the molecule is CCCCCCCCC(CCCCCC)CN1C(=O)C2=C(c3ccc(C(C)(C)C)s3)N(CC(CCCCCC)CCCCCCCC)C(=O)C2=C1c1ccc(-c2ccc3c4ccc(C(C)(C)C)cc4n(C(CCCCCC)CCCCCC)c3c2)s1. The third-order valence-corrected chi connectivity index (χ3v) is 22.1. The number of carbonyl (C=O) groups excluding carboxylic acids is 2. The molecule has 2 aliphatic rings. The molecule has 476 valence electrons. The summed E-state index contributed by atoms with van der Waals surface area (Å²) in [5.74, 6) is 0.834.